The van der Waals surface area contributed by atoms with E-state index in [1.54, 1.807) is 0 Å². The fourth-order valence-electron chi connectivity index (χ4n) is 4.72. The maximum absolute atomic E-state index is 13.4. The first-order valence-electron chi connectivity index (χ1n) is 11.8. The van der Waals surface area contributed by atoms with Crippen LogP contribution in [0.4, 0.5) is 4.39 Å². The maximum atomic E-state index is 13.4. The van der Waals surface area contributed by atoms with Crippen molar-refractivity contribution in [3.8, 4) is 11.4 Å². The average Bonchev–Trinajstić information content (AvgIpc) is 3.31. The third-order valence-corrected chi connectivity index (χ3v) is 6.90. The molecule has 1 aromatic heterocycles. The zero-order valence-corrected chi connectivity index (χ0v) is 19.4. The number of carboxylic acid groups (broad SMARTS) is 1. The topological polar surface area (TPSA) is 97.9 Å². The molecule has 8 nitrogen and oxygen atoms in total. The Bertz CT molecular complexity index is 1140. The quantitative estimate of drug-likeness (QED) is 0.495. The molecule has 2 aromatic carbocycles. The van der Waals surface area contributed by atoms with Gasteiger partial charge in [-0.3, -0.25) is 9.69 Å². The maximum Gasteiger partial charge on any atom is 0.309 e. The Hall–Kier alpha value is -3.14. The van der Waals surface area contributed by atoms with Crippen molar-refractivity contribution in [1.82, 2.24) is 15.0 Å². The average molecular weight is 482 g/mol. The van der Waals surface area contributed by atoms with E-state index in [2.05, 4.69) is 15.0 Å². The molecule has 2 aliphatic heterocycles. The summed E-state index contributed by atoms with van der Waals surface area (Å²) >= 11 is 0. The van der Waals surface area contributed by atoms with Crippen LogP contribution in [-0.4, -0.2) is 59.0 Å². The molecule has 2 fully saturated rings. The van der Waals surface area contributed by atoms with Gasteiger partial charge in [0.2, 0.25) is 5.82 Å². The highest BCUT2D eigenvalue weighted by molar-refractivity contribution is 5.71. The van der Waals surface area contributed by atoms with Gasteiger partial charge in [-0.25, -0.2) is 4.39 Å². The molecular formula is C26H28FN3O5. The van der Waals surface area contributed by atoms with Gasteiger partial charge in [-0.1, -0.05) is 41.6 Å². The number of rotatable bonds is 9. The predicted octanol–water partition coefficient (Wildman–Crippen LogP) is 3.66. The fraction of sp³-hybridized carbons (Fsp3) is 0.423. The molecule has 0 radical (unpaired) electrons. The normalized spacial score (nSPS) is 18.3. The number of ether oxygens (including phenoxy) is 2. The Labute approximate surface area is 202 Å². The van der Waals surface area contributed by atoms with Crippen LogP contribution >= 0.6 is 0 Å². The van der Waals surface area contributed by atoms with E-state index in [1.807, 2.05) is 36.4 Å². The highest BCUT2D eigenvalue weighted by Crippen LogP contribution is 2.35. The molecule has 0 saturated carbocycles. The zero-order chi connectivity index (χ0) is 24.3. The van der Waals surface area contributed by atoms with Crippen LogP contribution in [0.1, 0.15) is 29.9 Å². The number of carbonyl (C=O) groups is 1. The number of carboxylic acids is 1. The minimum Gasteiger partial charge on any atom is -0.481 e. The number of hydrogen-bond acceptors (Lipinski definition) is 7. The summed E-state index contributed by atoms with van der Waals surface area (Å²) in [6.45, 7) is 3.80. The van der Waals surface area contributed by atoms with Crippen molar-refractivity contribution in [2.45, 2.75) is 31.4 Å². The largest absolute Gasteiger partial charge is 0.481 e. The van der Waals surface area contributed by atoms with Crippen molar-refractivity contribution in [3.05, 3.63) is 71.4 Å². The Balaban J connectivity index is 1.16. The summed E-state index contributed by atoms with van der Waals surface area (Å²) in [4.78, 5) is 17.5. The molecule has 0 spiro atoms. The van der Waals surface area contributed by atoms with Gasteiger partial charge in [-0.2, -0.15) is 4.98 Å². The van der Waals surface area contributed by atoms with Crippen LogP contribution in [-0.2, 0) is 32.8 Å². The van der Waals surface area contributed by atoms with Crippen LogP contribution in [0.25, 0.3) is 11.4 Å². The van der Waals surface area contributed by atoms with Crippen LogP contribution in [0.3, 0.4) is 0 Å². The van der Waals surface area contributed by atoms with Crippen molar-refractivity contribution in [1.29, 1.82) is 0 Å². The van der Waals surface area contributed by atoms with Crippen LogP contribution in [0.15, 0.2) is 53.1 Å². The first kappa shape index (κ1) is 23.6. The molecule has 0 atom stereocenters. The van der Waals surface area contributed by atoms with Crippen LogP contribution in [0.2, 0.25) is 0 Å². The minimum atomic E-state index is -0.730. The van der Waals surface area contributed by atoms with E-state index in [9.17, 15) is 9.18 Å². The van der Waals surface area contributed by atoms with Crippen molar-refractivity contribution in [3.63, 3.8) is 0 Å². The second kappa shape index (κ2) is 10.2. The second-order valence-electron chi connectivity index (χ2n) is 9.33. The molecule has 35 heavy (non-hydrogen) atoms. The van der Waals surface area contributed by atoms with E-state index < -0.39 is 5.97 Å². The zero-order valence-electron chi connectivity index (χ0n) is 19.4. The molecule has 9 heteroatoms. The lowest BCUT2D eigenvalue weighted by Crippen LogP contribution is -2.49. The lowest BCUT2D eigenvalue weighted by Gasteiger charge is -2.37. The van der Waals surface area contributed by atoms with Gasteiger partial charge in [-0.05, 0) is 36.1 Å². The molecule has 184 valence electrons. The van der Waals surface area contributed by atoms with E-state index >= 15 is 0 Å². The number of hydrogen-bond donors (Lipinski definition) is 1. The molecule has 1 N–H and O–H groups in total. The van der Waals surface area contributed by atoms with Gasteiger partial charge in [0.1, 0.15) is 12.4 Å². The standard InChI is InChI=1S/C26H28FN3O5/c27-22-7-5-21(6-8-22)26(9-11-33-12-10-26)17-34-16-23-28-24(29-35-23)19-3-1-18(2-4-19)13-30-14-20(15-30)25(31)32/h1-8,20H,9-17H2,(H,31,32). The minimum absolute atomic E-state index is 0.189. The smallest absolute Gasteiger partial charge is 0.309 e. The van der Waals surface area contributed by atoms with E-state index in [0.29, 0.717) is 44.6 Å². The Kier molecular flexibility index (Phi) is 6.90. The number of aliphatic carboxylic acids is 1. The first-order valence-corrected chi connectivity index (χ1v) is 11.8. The summed E-state index contributed by atoms with van der Waals surface area (Å²) in [5.74, 6) is -0.358. The summed E-state index contributed by atoms with van der Waals surface area (Å²) in [6.07, 6.45) is 1.60. The van der Waals surface area contributed by atoms with Crippen molar-refractivity contribution >= 4 is 5.97 Å². The van der Waals surface area contributed by atoms with Crippen LogP contribution in [0.5, 0.6) is 0 Å². The molecule has 0 bridgehead atoms. The monoisotopic (exact) mass is 481 g/mol. The van der Waals surface area contributed by atoms with Crippen molar-refractivity contribution < 1.29 is 28.3 Å². The molecule has 5 rings (SSSR count). The molecule has 2 saturated heterocycles. The fourth-order valence-corrected chi connectivity index (χ4v) is 4.72. The molecule has 3 heterocycles. The lowest BCUT2D eigenvalue weighted by atomic mass is 9.75. The molecule has 2 aliphatic rings. The molecule has 0 amide bonds. The van der Waals surface area contributed by atoms with Gasteiger partial charge in [0, 0.05) is 43.8 Å². The third kappa shape index (κ3) is 5.42. The third-order valence-electron chi connectivity index (χ3n) is 6.90. The predicted molar refractivity (Wildman–Crippen MR) is 124 cm³/mol. The van der Waals surface area contributed by atoms with Gasteiger partial charge in [-0.15, -0.1) is 0 Å². The number of aromatic nitrogens is 2. The number of nitrogens with zero attached hydrogens (tertiary/aromatic N) is 3. The van der Waals surface area contributed by atoms with Gasteiger partial charge >= 0.3 is 5.97 Å². The van der Waals surface area contributed by atoms with E-state index in [0.717, 1.165) is 36.1 Å². The van der Waals surface area contributed by atoms with Gasteiger partial charge in [0.15, 0.2) is 0 Å². The summed E-state index contributed by atoms with van der Waals surface area (Å²) in [6, 6.07) is 14.5. The summed E-state index contributed by atoms with van der Waals surface area (Å²) in [7, 11) is 0. The highest BCUT2D eigenvalue weighted by Gasteiger charge is 2.35. The molecule has 3 aromatic rings. The summed E-state index contributed by atoms with van der Waals surface area (Å²) in [5, 5.41) is 13.1. The molecular weight excluding hydrogens is 453 g/mol. The number of likely N-dealkylation sites (tertiary alicyclic amines) is 1. The van der Waals surface area contributed by atoms with E-state index in [4.69, 9.17) is 19.1 Å². The lowest BCUT2D eigenvalue weighted by molar-refractivity contribution is -0.147. The first-order chi connectivity index (χ1) is 17.0. The van der Waals surface area contributed by atoms with E-state index in [-0.39, 0.29) is 23.8 Å². The van der Waals surface area contributed by atoms with E-state index in [1.165, 1.54) is 12.1 Å². The van der Waals surface area contributed by atoms with Crippen LogP contribution in [0, 0.1) is 11.7 Å². The number of benzene rings is 2. The van der Waals surface area contributed by atoms with Gasteiger partial charge in [0.05, 0.1) is 12.5 Å². The van der Waals surface area contributed by atoms with Crippen molar-refractivity contribution in [2.75, 3.05) is 32.9 Å². The SMILES string of the molecule is O=C(O)C1CN(Cc2ccc(-c3noc(COCC4(c5ccc(F)cc5)CCOCC4)n3)cc2)C1. The molecule has 0 unspecified atom stereocenters. The Morgan fingerprint density at radius 2 is 1.83 bits per heavy atom. The van der Waals surface area contributed by atoms with Crippen molar-refractivity contribution in [2.24, 2.45) is 5.92 Å². The van der Waals surface area contributed by atoms with Gasteiger partial charge in [0.25, 0.3) is 5.89 Å². The summed E-state index contributed by atoms with van der Waals surface area (Å²) < 4.78 is 30.4. The summed E-state index contributed by atoms with van der Waals surface area (Å²) in [5.41, 5.74) is 2.76. The Morgan fingerprint density at radius 1 is 1.11 bits per heavy atom. The number of halogens is 1. The Morgan fingerprint density at radius 3 is 2.51 bits per heavy atom. The molecule has 0 aliphatic carbocycles. The van der Waals surface area contributed by atoms with Gasteiger partial charge < -0.3 is 19.1 Å². The highest BCUT2D eigenvalue weighted by atomic mass is 19.1. The second-order valence-corrected chi connectivity index (χ2v) is 9.33. The van der Waals surface area contributed by atoms with Crippen LogP contribution < -0.4 is 0 Å².